The van der Waals surface area contributed by atoms with E-state index in [0.29, 0.717) is 37.7 Å². The van der Waals surface area contributed by atoms with Crippen molar-refractivity contribution in [2.24, 2.45) is 0 Å². The summed E-state index contributed by atoms with van der Waals surface area (Å²) in [5.74, 6) is 0.798. The summed E-state index contributed by atoms with van der Waals surface area (Å²) < 4.78 is 0. The maximum Gasteiger partial charge on any atom is 0.244 e. The van der Waals surface area contributed by atoms with E-state index in [9.17, 15) is 9.59 Å². The van der Waals surface area contributed by atoms with Gasteiger partial charge in [-0.3, -0.25) is 9.59 Å². The molecular formula is C16H30Cl2N2O2S2. The van der Waals surface area contributed by atoms with Crippen LogP contribution in [0, 0.1) is 0 Å². The van der Waals surface area contributed by atoms with Gasteiger partial charge in [-0.25, -0.2) is 0 Å². The molecule has 0 bridgehead atoms. The van der Waals surface area contributed by atoms with Crippen molar-refractivity contribution in [1.82, 2.24) is 9.80 Å². The summed E-state index contributed by atoms with van der Waals surface area (Å²) in [5.41, 5.74) is 0. The van der Waals surface area contributed by atoms with Crippen LogP contribution < -0.4 is 0 Å². The minimum Gasteiger partial charge on any atom is -0.342 e. The molecule has 0 radical (unpaired) electrons. The zero-order valence-corrected chi connectivity index (χ0v) is 18.7. The highest BCUT2D eigenvalue weighted by Gasteiger charge is 2.36. The van der Waals surface area contributed by atoms with Gasteiger partial charge in [0.05, 0.1) is 0 Å². The Morgan fingerprint density at radius 1 is 0.750 bits per heavy atom. The highest BCUT2D eigenvalue weighted by atomic mass is 35.5. The third kappa shape index (κ3) is 7.22. The van der Waals surface area contributed by atoms with Crippen LogP contribution >= 0.6 is 44.8 Å². The molecule has 24 heavy (non-hydrogen) atoms. The van der Waals surface area contributed by atoms with Gasteiger partial charge in [0.15, 0.2) is 0 Å². The van der Waals surface area contributed by atoms with Crippen LogP contribution in [0.1, 0.15) is 41.5 Å². The molecule has 0 N–H and O–H groups in total. The van der Waals surface area contributed by atoms with Crippen LogP contribution in [-0.4, -0.2) is 69.0 Å². The van der Waals surface area contributed by atoms with Crippen molar-refractivity contribution in [3.8, 4) is 0 Å². The second-order valence-electron chi connectivity index (χ2n) is 5.87. The Balaban J connectivity index is 4.51. The van der Waals surface area contributed by atoms with Gasteiger partial charge in [-0.15, -0.1) is 23.2 Å². The van der Waals surface area contributed by atoms with Crippen LogP contribution in [0.5, 0.6) is 0 Å². The number of hydrogen-bond donors (Lipinski definition) is 0. The lowest BCUT2D eigenvalue weighted by molar-refractivity contribution is -0.133. The zero-order valence-electron chi connectivity index (χ0n) is 15.5. The van der Waals surface area contributed by atoms with Gasteiger partial charge in [0.1, 0.15) is 9.75 Å². The molecule has 0 heterocycles. The molecule has 0 saturated heterocycles. The molecule has 0 unspecified atom stereocenters. The first kappa shape index (κ1) is 24.2. The quantitative estimate of drug-likeness (QED) is 0.288. The summed E-state index contributed by atoms with van der Waals surface area (Å²) in [7, 11) is 2.96. The highest BCUT2D eigenvalue weighted by molar-refractivity contribution is 8.76. The molecule has 0 rings (SSSR count). The average molecular weight is 417 g/mol. The van der Waals surface area contributed by atoms with Gasteiger partial charge < -0.3 is 9.80 Å². The zero-order chi connectivity index (χ0) is 19.0. The van der Waals surface area contributed by atoms with Gasteiger partial charge in [-0.05, 0) is 41.5 Å². The minimum absolute atomic E-state index is 0.0601. The summed E-state index contributed by atoms with van der Waals surface area (Å²) in [6, 6.07) is 0. The molecule has 0 aliphatic rings. The maximum atomic E-state index is 12.4. The Labute approximate surface area is 164 Å². The number of alkyl halides is 2. The van der Waals surface area contributed by atoms with E-state index in [0.717, 1.165) is 0 Å². The standard InChI is InChI=1S/C16H30Cl2N2O2S2/c1-7-19(8-2)13(21)15(5,17)11-23-24-12-16(6,18)14(22)20(9-3)10-4/h7-12H2,1-6H3/t15-,16+. The fraction of sp³-hybridized carbons (Fsp3) is 0.875. The third-order valence-electron chi connectivity index (χ3n) is 3.74. The number of carbonyl (C=O) groups excluding carboxylic acids is 2. The number of nitrogens with zero attached hydrogens (tertiary/aromatic N) is 2. The Morgan fingerprint density at radius 2 is 1.00 bits per heavy atom. The second kappa shape index (κ2) is 11.0. The molecule has 0 aliphatic heterocycles. The number of rotatable bonds is 11. The molecule has 0 aliphatic carbocycles. The monoisotopic (exact) mass is 416 g/mol. The van der Waals surface area contributed by atoms with Crippen LogP contribution in [0.25, 0.3) is 0 Å². The summed E-state index contributed by atoms with van der Waals surface area (Å²) in [6.45, 7) is 13.8. The van der Waals surface area contributed by atoms with Crippen molar-refractivity contribution in [1.29, 1.82) is 0 Å². The molecule has 0 aromatic carbocycles. The fourth-order valence-electron chi connectivity index (χ4n) is 2.11. The van der Waals surface area contributed by atoms with Gasteiger partial charge in [0.2, 0.25) is 11.8 Å². The van der Waals surface area contributed by atoms with Crippen molar-refractivity contribution in [2.75, 3.05) is 37.7 Å². The topological polar surface area (TPSA) is 40.6 Å². The Kier molecular flexibility index (Phi) is 11.1. The van der Waals surface area contributed by atoms with Crippen LogP contribution in [0.2, 0.25) is 0 Å². The largest absolute Gasteiger partial charge is 0.342 e. The van der Waals surface area contributed by atoms with E-state index in [1.165, 1.54) is 21.6 Å². The summed E-state index contributed by atoms with van der Waals surface area (Å²) in [6.07, 6.45) is 0. The highest BCUT2D eigenvalue weighted by Crippen LogP contribution is 2.35. The number of amides is 2. The summed E-state index contributed by atoms with van der Waals surface area (Å²) in [4.78, 5) is 26.3. The van der Waals surface area contributed by atoms with Gasteiger partial charge >= 0.3 is 0 Å². The van der Waals surface area contributed by atoms with E-state index < -0.39 is 9.75 Å². The summed E-state index contributed by atoms with van der Waals surface area (Å²) in [5, 5.41) is 0. The number of carbonyl (C=O) groups is 2. The van der Waals surface area contributed by atoms with E-state index in [4.69, 9.17) is 23.2 Å². The molecule has 0 saturated carbocycles. The Hall–Kier alpha value is 0.220. The minimum atomic E-state index is -0.949. The van der Waals surface area contributed by atoms with Gasteiger partial charge in [-0.2, -0.15) is 0 Å². The van der Waals surface area contributed by atoms with Crippen molar-refractivity contribution in [3.05, 3.63) is 0 Å². The van der Waals surface area contributed by atoms with Crippen molar-refractivity contribution < 1.29 is 9.59 Å². The SMILES string of the molecule is CCN(CC)C(=O)[C@@](C)(Cl)CSSC[C@@](C)(Cl)C(=O)N(CC)CC. The lowest BCUT2D eigenvalue weighted by atomic mass is 10.1. The molecule has 8 heteroatoms. The molecule has 4 nitrogen and oxygen atoms in total. The molecular weight excluding hydrogens is 387 g/mol. The number of halogens is 2. The molecule has 0 fully saturated rings. The first-order valence-corrected chi connectivity index (χ1v) is 11.5. The Morgan fingerprint density at radius 3 is 1.21 bits per heavy atom. The molecule has 0 aromatic heterocycles. The van der Waals surface area contributed by atoms with Crippen LogP contribution in [-0.2, 0) is 9.59 Å². The smallest absolute Gasteiger partial charge is 0.244 e. The van der Waals surface area contributed by atoms with Crippen LogP contribution in [0.15, 0.2) is 0 Å². The first-order chi connectivity index (χ1) is 11.1. The van der Waals surface area contributed by atoms with Crippen LogP contribution in [0.4, 0.5) is 0 Å². The van der Waals surface area contributed by atoms with E-state index in [1.54, 1.807) is 23.6 Å². The van der Waals surface area contributed by atoms with E-state index in [2.05, 4.69) is 0 Å². The molecule has 0 spiro atoms. The number of hydrogen-bond acceptors (Lipinski definition) is 4. The van der Waals surface area contributed by atoms with E-state index in [-0.39, 0.29) is 11.8 Å². The van der Waals surface area contributed by atoms with Crippen LogP contribution in [0.3, 0.4) is 0 Å². The lowest BCUT2D eigenvalue weighted by Crippen LogP contribution is -2.45. The second-order valence-corrected chi connectivity index (χ2v) is 10.0. The van der Waals surface area contributed by atoms with E-state index >= 15 is 0 Å². The lowest BCUT2D eigenvalue weighted by Gasteiger charge is -2.30. The average Bonchev–Trinajstić information content (AvgIpc) is 2.53. The third-order valence-corrected chi connectivity index (χ3v) is 7.41. The van der Waals surface area contributed by atoms with Crippen molar-refractivity contribution in [3.63, 3.8) is 0 Å². The molecule has 142 valence electrons. The van der Waals surface area contributed by atoms with Gasteiger partial charge in [0.25, 0.3) is 0 Å². The van der Waals surface area contributed by atoms with Gasteiger partial charge in [-0.1, -0.05) is 21.6 Å². The Bertz CT molecular complexity index is 375. The molecule has 2 atom stereocenters. The normalized spacial score (nSPS) is 16.2. The maximum absolute atomic E-state index is 12.4. The molecule has 2 amide bonds. The van der Waals surface area contributed by atoms with Crippen molar-refractivity contribution in [2.45, 2.75) is 51.3 Å². The first-order valence-electron chi connectivity index (χ1n) is 8.28. The molecule has 0 aromatic rings. The fourth-order valence-corrected chi connectivity index (χ4v) is 5.83. The predicted molar refractivity (Wildman–Crippen MR) is 109 cm³/mol. The van der Waals surface area contributed by atoms with Gasteiger partial charge in [0, 0.05) is 37.7 Å². The van der Waals surface area contributed by atoms with E-state index in [1.807, 2.05) is 27.7 Å². The van der Waals surface area contributed by atoms with Crippen molar-refractivity contribution >= 4 is 56.6 Å². The summed E-state index contributed by atoms with van der Waals surface area (Å²) >= 11 is 12.8. The predicted octanol–water partition coefficient (Wildman–Crippen LogP) is 4.10.